The zero-order valence-electron chi connectivity index (χ0n) is 20.0. The minimum atomic E-state index is -4.72. The van der Waals surface area contributed by atoms with Gasteiger partial charge in [-0.15, -0.1) is 0 Å². The molecule has 4 aromatic rings. The molecule has 0 atom stereocenters. The van der Waals surface area contributed by atoms with Gasteiger partial charge in [-0.3, -0.25) is 14.7 Å². The maximum atomic E-state index is 13.5. The fraction of sp³-hybridized carbons (Fsp3) is 0.346. The molecule has 1 aliphatic rings. The van der Waals surface area contributed by atoms with Crippen LogP contribution < -0.4 is 0 Å². The fourth-order valence-electron chi connectivity index (χ4n) is 4.78. The van der Waals surface area contributed by atoms with Crippen molar-refractivity contribution in [1.82, 2.24) is 24.6 Å². The smallest absolute Gasteiger partial charge is 0.329 e. The number of aromatic nitrogens is 4. The van der Waals surface area contributed by atoms with Gasteiger partial charge in [0.15, 0.2) is 17.3 Å². The van der Waals surface area contributed by atoms with Gasteiger partial charge in [-0.2, -0.15) is 18.2 Å². The highest BCUT2D eigenvalue weighted by Crippen LogP contribution is 2.31. The van der Waals surface area contributed by atoms with E-state index in [2.05, 4.69) is 29.4 Å². The van der Waals surface area contributed by atoms with Crippen LogP contribution in [0.4, 0.5) is 18.9 Å². The number of hydrogen-bond acceptors (Lipinski definition) is 6. The van der Waals surface area contributed by atoms with Crippen LogP contribution in [0, 0.1) is 13.5 Å². The van der Waals surface area contributed by atoms with Crippen LogP contribution >= 0.6 is 0 Å². The summed E-state index contributed by atoms with van der Waals surface area (Å²) in [6.45, 7) is 11.1. The lowest BCUT2D eigenvalue weighted by atomic mass is 10.1. The van der Waals surface area contributed by atoms with Gasteiger partial charge in [0, 0.05) is 24.0 Å². The Morgan fingerprint density at radius 1 is 1.16 bits per heavy atom. The van der Waals surface area contributed by atoms with Crippen molar-refractivity contribution in [2.24, 2.45) is 0 Å². The summed E-state index contributed by atoms with van der Waals surface area (Å²) in [6, 6.07) is 8.75. The Kier molecular flexibility index (Phi) is 6.52. The molecule has 1 saturated heterocycles. The molecule has 1 fully saturated rings. The van der Waals surface area contributed by atoms with Gasteiger partial charge in [0.25, 0.3) is 0 Å². The van der Waals surface area contributed by atoms with Gasteiger partial charge in [-0.25, -0.2) is 4.85 Å². The molecule has 8 nitrogen and oxygen atoms in total. The Balaban J connectivity index is 1.57. The van der Waals surface area contributed by atoms with Crippen LogP contribution in [0.2, 0.25) is 0 Å². The summed E-state index contributed by atoms with van der Waals surface area (Å²) in [7, 11) is 0. The minimum Gasteiger partial charge on any atom is -0.329 e. The maximum Gasteiger partial charge on any atom is 0.471 e. The Morgan fingerprint density at radius 2 is 1.89 bits per heavy atom. The van der Waals surface area contributed by atoms with E-state index in [0.717, 1.165) is 31.6 Å². The van der Waals surface area contributed by atoms with Crippen LogP contribution in [0.15, 0.2) is 41.1 Å². The SMILES string of the molecule is [C-]#[N+]c1ccc(-n2c(C)c(C(=O)CN3CCCCC3)c3ncc(Cc4noc(C(F)(F)F)n4)cc32)cc1. The number of hydrogen-bond donors (Lipinski definition) is 0. The van der Waals surface area contributed by atoms with Crippen LogP contribution in [-0.4, -0.2) is 50.0 Å². The first-order valence-electron chi connectivity index (χ1n) is 11.9. The number of rotatable bonds is 6. The van der Waals surface area contributed by atoms with E-state index >= 15 is 0 Å². The number of piperidine rings is 1. The summed E-state index contributed by atoms with van der Waals surface area (Å²) in [5.41, 5.74) is 4.15. The van der Waals surface area contributed by atoms with E-state index in [9.17, 15) is 18.0 Å². The minimum absolute atomic E-state index is 0.0273. The van der Waals surface area contributed by atoms with Crippen LogP contribution in [-0.2, 0) is 12.6 Å². The first-order chi connectivity index (χ1) is 17.7. The van der Waals surface area contributed by atoms with Gasteiger partial charge in [0.2, 0.25) is 0 Å². The van der Waals surface area contributed by atoms with Crippen LogP contribution in [0.1, 0.15) is 52.6 Å². The highest BCUT2D eigenvalue weighted by molar-refractivity contribution is 6.09. The van der Waals surface area contributed by atoms with Gasteiger partial charge in [0.05, 0.1) is 29.7 Å². The lowest BCUT2D eigenvalue weighted by Gasteiger charge is -2.25. The van der Waals surface area contributed by atoms with Crippen molar-refractivity contribution in [3.8, 4) is 5.69 Å². The average Bonchev–Trinajstić information content (AvgIpc) is 3.46. The zero-order valence-corrected chi connectivity index (χ0v) is 20.0. The zero-order chi connectivity index (χ0) is 26.2. The Bertz CT molecular complexity index is 1490. The van der Waals surface area contributed by atoms with Crippen molar-refractivity contribution in [2.45, 2.75) is 38.8 Å². The van der Waals surface area contributed by atoms with E-state index in [1.807, 2.05) is 11.5 Å². The van der Waals surface area contributed by atoms with E-state index in [4.69, 9.17) is 6.57 Å². The molecule has 1 aliphatic heterocycles. The van der Waals surface area contributed by atoms with E-state index < -0.39 is 12.1 Å². The lowest BCUT2D eigenvalue weighted by molar-refractivity contribution is -0.159. The summed E-state index contributed by atoms with van der Waals surface area (Å²) in [5.74, 6) is -1.55. The molecule has 5 rings (SSSR count). The van der Waals surface area contributed by atoms with Crippen LogP contribution in [0.5, 0.6) is 0 Å². The van der Waals surface area contributed by atoms with E-state index in [1.54, 1.807) is 30.3 Å². The molecule has 4 heterocycles. The summed E-state index contributed by atoms with van der Waals surface area (Å²) in [4.78, 5) is 27.1. The number of nitrogens with zero attached hydrogens (tertiary/aromatic N) is 6. The number of carbonyl (C=O) groups excluding carboxylic acids is 1. The maximum absolute atomic E-state index is 13.5. The molecule has 0 aliphatic carbocycles. The molecule has 0 unspecified atom stereocenters. The summed E-state index contributed by atoms with van der Waals surface area (Å²) in [6.07, 6.45) is 0.0689. The van der Waals surface area contributed by atoms with Crippen LogP contribution in [0.25, 0.3) is 21.6 Å². The molecule has 0 bridgehead atoms. The van der Waals surface area contributed by atoms with E-state index in [-0.39, 0.29) is 18.0 Å². The van der Waals surface area contributed by atoms with E-state index in [1.165, 1.54) is 12.6 Å². The first kappa shape index (κ1) is 24.6. The third-order valence-electron chi connectivity index (χ3n) is 6.50. The van der Waals surface area contributed by atoms with Gasteiger partial charge in [-0.05, 0) is 56.6 Å². The summed E-state index contributed by atoms with van der Waals surface area (Å²) < 4.78 is 44.8. The normalized spacial score (nSPS) is 14.7. The Labute approximate surface area is 210 Å². The number of likely N-dealkylation sites (tertiary alicyclic amines) is 1. The summed E-state index contributed by atoms with van der Waals surface area (Å²) in [5, 5.41) is 3.45. The number of benzene rings is 1. The van der Waals surface area contributed by atoms with Gasteiger partial charge < -0.3 is 9.09 Å². The predicted molar refractivity (Wildman–Crippen MR) is 129 cm³/mol. The molecule has 11 heteroatoms. The Hall–Kier alpha value is -4.04. The molecule has 1 aromatic carbocycles. The molecule has 0 saturated carbocycles. The number of Topliss-reactive ketones (excluding diaryl/α,β-unsaturated/α-hetero) is 1. The largest absolute Gasteiger partial charge is 0.471 e. The number of alkyl halides is 3. The van der Waals surface area contributed by atoms with Gasteiger partial charge in [0.1, 0.15) is 0 Å². The van der Waals surface area contributed by atoms with Crippen molar-refractivity contribution in [3.63, 3.8) is 0 Å². The number of carbonyl (C=O) groups is 1. The second-order valence-corrected chi connectivity index (χ2v) is 9.09. The molecule has 0 spiro atoms. The second kappa shape index (κ2) is 9.78. The number of ketones is 1. The molecule has 0 N–H and O–H groups in total. The van der Waals surface area contributed by atoms with Crippen LogP contribution in [0.3, 0.4) is 0 Å². The Morgan fingerprint density at radius 3 is 2.54 bits per heavy atom. The molecule has 0 radical (unpaired) electrons. The number of fused-ring (bicyclic) bond motifs is 1. The third-order valence-corrected chi connectivity index (χ3v) is 6.50. The van der Waals surface area contributed by atoms with Crippen molar-refractivity contribution < 1.29 is 22.5 Å². The number of halogens is 3. The predicted octanol–water partition coefficient (Wildman–Crippen LogP) is 5.55. The molecular formula is C26H23F3N6O2. The molecule has 0 amide bonds. The first-order valence-corrected chi connectivity index (χ1v) is 11.9. The standard InChI is InChI=1S/C26H23F3N6O2/c1-16-23(21(36)15-34-10-4-3-5-11-34)24-20(35(16)19-8-6-18(30-2)7-9-19)12-17(14-31-24)13-22-32-25(37-33-22)26(27,28)29/h6-9,12,14H,3-5,10-11,13,15H2,1H3. The second-order valence-electron chi connectivity index (χ2n) is 9.09. The molecular weight excluding hydrogens is 485 g/mol. The lowest BCUT2D eigenvalue weighted by Crippen LogP contribution is -2.34. The molecule has 37 heavy (non-hydrogen) atoms. The van der Waals surface area contributed by atoms with Crippen molar-refractivity contribution in [2.75, 3.05) is 19.6 Å². The molecule has 3 aromatic heterocycles. The van der Waals surface area contributed by atoms with E-state index in [0.29, 0.717) is 40.1 Å². The quantitative estimate of drug-likeness (QED) is 0.251. The summed E-state index contributed by atoms with van der Waals surface area (Å²) >= 11 is 0. The van der Waals surface area contributed by atoms with Gasteiger partial charge >= 0.3 is 12.1 Å². The topological polar surface area (TPSA) is 81.4 Å². The highest BCUT2D eigenvalue weighted by atomic mass is 19.4. The van der Waals surface area contributed by atoms with Crippen molar-refractivity contribution >= 4 is 22.5 Å². The molecule has 190 valence electrons. The average molecular weight is 509 g/mol. The fourth-order valence-corrected chi connectivity index (χ4v) is 4.78. The van der Waals surface area contributed by atoms with Crippen molar-refractivity contribution in [3.05, 3.63) is 76.5 Å². The van der Waals surface area contributed by atoms with Gasteiger partial charge in [-0.1, -0.05) is 23.7 Å². The number of pyridine rings is 1. The third kappa shape index (κ3) is 4.97. The van der Waals surface area contributed by atoms with Crippen molar-refractivity contribution in [1.29, 1.82) is 0 Å². The highest BCUT2D eigenvalue weighted by Gasteiger charge is 2.38. The monoisotopic (exact) mass is 508 g/mol.